The summed E-state index contributed by atoms with van der Waals surface area (Å²) in [5.41, 5.74) is 0.607. The van der Waals surface area contributed by atoms with Crippen molar-refractivity contribution < 1.29 is 9.13 Å². The minimum absolute atomic E-state index is 0.204. The maximum absolute atomic E-state index is 13.0. The second-order valence-electron chi connectivity index (χ2n) is 5.66. The fourth-order valence-corrected chi connectivity index (χ4v) is 2.93. The number of halogens is 1. The van der Waals surface area contributed by atoms with Crippen molar-refractivity contribution in [3.8, 4) is 6.07 Å². The van der Waals surface area contributed by atoms with Gasteiger partial charge in [-0.15, -0.1) is 0 Å². The molecule has 1 saturated heterocycles. The lowest BCUT2D eigenvalue weighted by atomic mass is 9.67. The molecule has 1 aliphatic rings. The second kappa shape index (κ2) is 4.70. The number of nitriles is 1. The first-order valence-corrected chi connectivity index (χ1v) is 6.24. The van der Waals surface area contributed by atoms with Crippen LogP contribution in [0.15, 0.2) is 24.3 Å². The summed E-state index contributed by atoms with van der Waals surface area (Å²) in [7, 11) is 0. The molecule has 0 aromatic heterocycles. The van der Waals surface area contributed by atoms with Crippen LogP contribution in [0.4, 0.5) is 4.39 Å². The molecule has 2 rings (SSSR count). The lowest BCUT2D eigenvalue weighted by Crippen LogP contribution is -2.43. The maximum Gasteiger partial charge on any atom is 0.123 e. The first-order chi connectivity index (χ1) is 8.47. The van der Waals surface area contributed by atoms with Crippen molar-refractivity contribution in [1.82, 2.24) is 0 Å². The molecule has 0 amide bonds. The first-order valence-electron chi connectivity index (χ1n) is 6.24. The number of ether oxygens (including phenoxy) is 1. The van der Waals surface area contributed by atoms with Gasteiger partial charge in [-0.2, -0.15) is 5.26 Å². The van der Waals surface area contributed by atoms with Gasteiger partial charge in [0.05, 0.1) is 11.7 Å². The van der Waals surface area contributed by atoms with Crippen molar-refractivity contribution in [1.29, 1.82) is 5.26 Å². The number of benzene rings is 1. The fourth-order valence-electron chi connectivity index (χ4n) is 2.93. The number of nitrogens with zero attached hydrogens (tertiary/aromatic N) is 1. The second-order valence-corrected chi connectivity index (χ2v) is 5.66. The quantitative estimate of drug-likeness (QED) is 0.800. The van der Waals surface area contributed by atoms with Gasteiger partial charge in [-0.1, -0.05) is 12.1 Å². The van der Waals surface area contributed by atoms with E-state index in [0.717, 1.165) is 18.4 Å². The van der Waals surface area contributed by atoms with Gasteiger partial charge in [0.15, 0.2) is 0 Å². The molecular formula is C15H18FNO. The van der Waals surface area contributed by atoms with Crippen LogP contribution in [-0.2, 0) is 10.2 Å². The Labute approximate surface area is 107 Å². The Morgan fingerprint density at radius 2 is 2.00 bits per heavy atom. The zero-order valence-corrected chi connectivity index (χ0v) is 10.9. The van der Waals surface area contributed by atoms with Crippen molar-refractivity contribution in [2.45, 2.75) is 44.1 Å². The van der Waals surface area contributed by atoms with E-state index in [1.54, 1.807) is 12.1 Å². The van der Waals surface area contributed by atoms with Crippen LogP contribution in [0.25, 0.3) is 0 Å². The molecule has 0 bridgehead atoms. The Kier molecular flexibility index (Phi) is 3.41. The normalized spacial score (nSPS) is 26.6. The number of hydrogen-bond donors (Lipinski definition) is 0. The minimum Gasteiger partial charge on any atom is -0.376 e. The topological polar surface area (TPSA) is 33.0 Å². The van der Waals surface area contributed by atoms with E-state index in [-0.39, 0.29) is 16.8 Å². The maximum atomic E-state index is 13.0. The molecule has 1 heterocycles. The van der Waals surface area contributed by atoms with E-state index in [1.807, 2.05) is 13.8 Å². The molecule has 1 aromatic rings. The smallest absolute Gasteiger partial charge is 0.123 e. The SMILES string of the molecule is CC1(C)CC(CC#N)(c2ccc(F)cc2)CCO1. The van der Waals surface area contributed by atoms with E-state index in [4.69, 9.17) is 10.00 Å². The molecule has 0 saturated carbocycles. The molecule has 0 aliphatic carbocycles. The Bertz CT molecular complexity index is 460. The van der Waals surface area contributed by atoms with Crippen LogP contribution in [0.2, 0.25) is 0 Å². The van der Waals surface area contributed by atoms with E-state index >= 15 is 0 Å². The Balaban J connectivity index is 2.38. The van der Waals surface area contributed by atoms with Crippen molar-refractivity contribution in [2.75, 3.05) is 6.61 Å². The highest BCUT2D eigenvalue weighted by molar-refractivity contribution is 5.28. The van der Waals surface area contributed by atoms with Crippen molar-refractivity contribution in [3.63, 3.8) is 0 Å². The highest BCUT2D eigenvalue weighted by atomic mass is 19.1. The minimum atomic E-state index is -0.239. The van der Waals surface area contributed by atoms with Gasteiger partial charge in [0.2, 0.25) is 0 Å². The van der Waals surface area contributed by atoms with Gasteiger partial charge in [0, 0.05) is 18.4 Å². The van der Waals surface area contributed by atoms with Crippen molar-refractivity contribution in [2.24, 2.45) is 0 Å². The molecule has 1 fully saturated rings. The van der Waals surface area contributed by atoms with Gasteiger partial charge in [-0.25, -0.2) is 4.39 Å². The Hall–Kier alpha value is -1.40. The van der Waals surface area contributed by atoms with E-state index in [2.05, 4.69) is 6.07 Å². The third kappa shape index (κ3) is 2.54. The van der Waals surface area contributed by atoms with Crippen LogP contribution < -0.4 is 0 Å². The Morgan fingerprint density at radius 3 is 2.56 bits per heavy atom. The van der Waals surface area contributed by atoms with Crippen LogP contribution in [0.3, 0.4) is 0 Å². The van der Waals surface area contributed by atoms with E-state index in [0.29, 0.717) is 13.0 Å². The van der Waals surface area contributed by atoms with Crippen LogP contribution in [0.5, 0.6) is 0 Å². The lowest BCUT2D eigenvalue weighted by Gasteiger charge is -2.44. The van der Waals surface area contributed by atoms with Crippen LogP contribution in [0, 0.1) is 17.1 Å². The molecule has 1 atom stereocenters. The van der Waals surface area contributed by atoms with Gasteiger partial charge >= 0.3 is 0 Å². The molecule has 1 unspecified atom stereocenters. The van der Waals surface area contributed by atoms with Gasteiger partial charge in [-0.05, 0) is 44.4 Å². The predicted molar refractivity (Wildman–Crippen MR) is 67.6 cm³/mol. The highest BCUT2D eigenvalue weighted by Crippen LogP contribution is 2.43. The standard InChI is InChI=1S/C15H18FNO/c1-14(2)11-15(7-9-17,8-10-18-14)12-3-5-13(16)6-4-12/h3-6H,7-8,10-11H2,1-2H3. The molecule has 1 aliphatic heterocycles. The lowest BCUT2D eigenvalue weighted by molar-refractivity contribution is -0.0816. The highest BCUT2D eigenvalue weighted by Gasteiger charge is 2.41. The van der Waals surface area contributed by atoms with Gasteiger partial charge < -0.3 is 4.74 Å². The molecule has 0 N–H and O–H groups in total. The van der Waals surface area contributed by atoms with Crippen molar-refractivity contribution in [3.05, 3.63) is 35.6 Å². The summed E-state index contributed by atoms with van der Waals surface area (Å²) in [5, 5.41) is 9.10. The number of hydrogen-bond acceptors (Lipinski definition) is 2. The molecule has 3 heteroatoms. The van der Waals surface area contributed by atoms with Crippen LogP contribution >= 0.6 is 0 Å². The summed E-state index contributed by atoms with van der Waals surface area (Å²) in [6.45, 7) is 4.73. The van der Waals surface area contributed by atoms with Gasteiger partial charge in [0.1, 0.15) is 5.82 Å². The predicted octanol–water partition coefficient (Wildman–Crippen LogP) is 3.57. The summed E-state index contributed by atoms with van der Waals surface area (Å²) in [6.07, 6.45) is 2.06. The molecular weight excluding hydrogens is 229 g/mol. The third-order valence-electron chi connectivity index (χ3n) is 3.71. The average molecular weight is 247 g/mol. The van der Waals surface area contributed by atoms with Gasteiger partial charge in [0.25, 0.3) is 0 Å². The molecule has 0 radical (unpaired) electrons. The third-order valence-corrected chi connectivity index (χ3v) is 3.71. The summed E-state index contributed by atoms with van der Waals surface area (Å²) in [5.74, 6) is -0.239. The molecule has 18 heavy (non-hydrogen) atoms. The molecule has 1 aromatic carbocycles. The summed E-state index contributed by atoms with van der Waals surface area (Å²) in [4.78, 5) is 0. The summed E-state index contributed by atoms with van der Waals surface area (Å²) in [6, 6.07) is 8.82. The van der Waals surface area contributed by atoms with Crippen LogP contribution in [-0.4, -0.2) is 12.2 Å². The van der Waals surface area contributed by atoms with E-state index < -0.39 is 0 Å². The monoisotopic (exact) mass is 247 g/mol. The van der Waals surface area contributed by atoms with E-state index in [1.165, 1.54) is 12.1 Å². The van der Waals surface area contributed by atoms with Crippen LogP contribution in [0.1, 0.15) is 38.7 Å². The number of rotatable bonds is 2. The van der Waals surface area contributed by atoms with Crippen molar-refractivity contribution >= 4 is 0 Å². The summed E-state index contributed by atoms with van der Waals surface area (Å²) < 4.78 is 18.8. The largest absolute Gasteiger partial charge is 0.376 e. The fraction of sp³-hybridized carbons (Fsp3) is 0.533. The zero-order chi connectivity index (χ0) is 13.2. The zero-order valence-electron chi connectivity index (χ0n) is 10.9. The summed E-state index contributed by atoms with van der Waals surface area (Å²) >= 11 is 0. The molecule has 2 nitrogen and oxygen atoms in total. The van der Waals surface area contributed by atoms with Gasteiger partial charge in [-0.3, -0.25) is 0 Å². The molecule has 96 valence electrons. The average Bonchev–Trinajstić information content (AvgIpc) is 2.28. The first kappa shape index (κ1) is 13.0. The Morgan fingerprint density at radius 1 is 1.33 bits per heavy atom. The molecule has 0 spiro atoms. The van der Waals surface area contributed by atoms with E-state index in [9.17, 15) is 4.39 Å².